The van der Waals surface area contributed by atoms with E-state index in [0.29, 0.717) is 5.82 Å². The number of pyridine rings is 1. The fourth-order valence-corrected chi connectivity index (χ4v) is 0.803. The van der Waals surface area contributed by atoms with Gasteiger partial charge in [-0.1, -0.05) is 0 Å². The minimum absolute atomic E-state index is 0.0690. The van der Waals surface area contributed by atoms with Crippen LogP contribution in [0, 0.1) is 10.1 Å². The van der Waals surface area contributed by atoms with Gasteiger partial charge < -0.3 is 10.2 Å². The molecule has 7 heteroatoms. The Balaban J connectivity index is 3.15. The Bertz CT molecular complexity index is 328. The lowest BCUT2D eigenvalue weighted by atomic mass is 10.4. The van der Waals surface area contributed by atoms with E-state index >= 15 is 0 Å². The highest BCUT2D eigenvalue weighted by atomic mass is 16.6. The summed E-state index contributed by atoms with van der Waals surface area (Å²) in [5, 5.41) is 10.4. The largest absolute Gasteiger partial charge is 0.476 e. The number of nitro groups is 1. The fraction of sp³-hybridized carbons (Fsp3) is 0.167. The molecule has 1 rings (SSSR count). The molecule has 70 valence electrons. The van der Waals surface area contributed by atoms with Crippen molar-refractivity contribution in [3.63, 3.8) is 0 Å². The lowest BCUT2D eigenvalue weighted by Gasteiger charge is -2.02. The number of aromatic nitrogens is 1. The molecule has 0 bridgehead atoms. The highest BCUT2D eigenvalue weighted by Gasteiger charge is 2.15. The van der Waals surface area contributed by atoms with Gasteiger partial charge in [-0.05, 0) is 6.07 Å². The summed E-state index contributed by atoms with van der Waals surface area (Å²) in [7, 11) is 1.30. The topological polar surface area (TPSA) is 103 Å². The third-order valence-corrected chi connectivity index (χ3v) is 1.38. The summed E-state index contributed by atoms with van der Waals surface area (Å²) >= 11 is 0. The fourth-order valence-electron chi connectivity index (χ4n) is 0.803. The molecule has 1 aromatic heterocycles. The van der Waals surface area contributed by atoms with Crippen LogP contribution in [-0.2, 0) is 0 Å². The van der Waals surface area contributed by atoms with Crippen LogP contribution in [0.2, 0.25) is 0 Å². The van der Waals surface area contributed by atoms with Gasteiger partial charge in [0.15, 0.2) is 0 Å². The number of rotatable bonds is 3. The van der Waals surface area contributed by atoms with E-state index in [9.17, 15) is 10.1 Å². The Morgan fingerprint density at radius 3 is 2.85 bits per heavy atom. The summed E-state index contributed by atoms with van der Waals surface area (Å²) in [5.41, 5.74) is 2.06. The minimum atomic E-state index is -0.577. The molecule has 0 aliphatic heterocycles. The van der Waals surface area contributed by atoms with Crippen LogP contribution in [0.15, 0.2) is 12.1 Å². The van der Waals surface area contributed by atoms with Crippen LogP contribution in [0.25, 0.3) is 0 Å². The predicted octanol–water partition coefficient (Wildman–Crippen LogP) is 0.284. The average Bonchev–Trinajstić information content (AvgIpc) is 2.16. The van der Waals surface area contributed by atoms with Crippen molar-refractivity contribution in [3.05, 3.63) is 22.2 Å². The van der Waals surface area contributed by atoms with E-state index in [1.807, 2.05) is 0 Å². The Hall–Kier alpha value is -1.89. The molecule has 0 aliphatic carbocycles. The highest BCUT2D eigenvalue weighted by Crippen LogP contribution is 2.25. The van der Waals surface area contributed by atoms with Crippen LogP contribution in [0.1, 0.15) is 0 Å². The molecule has 0 fully saturated rings. The number of nitrogen functional groups attached to an aromatic ring is 1. The molecule has 0 aromatic carbocycles. The number of hydrogen-bond donors (Lipinski definition) is 2. The van der Waals surface area contributed by atoms with E-state index in [-0.39, 0.29) is 11.6 Å². The summed E-state index contributed by atoms with van der Waals surface area (Å²) < 4.78 is 4.70. The van der Waals surface area contributed by atoms with Crippen molar-refractivity contribution in [2.24, 2.45) is 5.84 Å². The molecule has 0 aliphatic rings. The van der Waals surface area contributed by atoms with Gasteiger partial charge in [-0.3, -0.25) is 10.1 Å². The van der Waals surface area contributed by atoms with Gasteiger partial charge in [-0.25, -0.2) is 5.84 Å². The van der Waals surface area contributed by atoms with Crippen molar-refractivity contribution < 1.29 is 9.66 Å². The van der Waals surface area contributed by atoms with Gasteiger partial charge >= 0.3 is 5.69 Å². The molecule has 3 N–H and O–H groups in total. The first-order valence-electron chi connectivity index (χ1n) is 3.35. The molecule has 0 amide bonds. The van der Waals surface area contributed by atoms with Crippen molar-refractivity contribution in [1.82, 2.24) is 4.98 Å². The number of methoxy groups -OCH3 is 1. The second kappa shape index (κ2) is 3.68. The Labute approximate surface area is 73.6 Å². The number of nitrogens with one attached hydrogen (secondary N) is 1. The van der Waals surface area contributed by atoms with E-state index in [2.05, 4.69) is 10.4 Å². The summed E-state index contributed by atoms with van der Waals surface area (Å²) in [6.07, 6.45) is 0. The smallest absolute Gasteiger partial charge is 0.331 e. The van der Waals surface area contributed by atoms with E-state index in [0.717, 1.165) is 0 Å². The van der Waals surface area contributed by atoms with Gasteiger partial charge in [0.25, 0.3) is 5.88 Å². The zero-order chi connectivity index (χ0) is 9.84. The van der Waals surface area contributed by atoms with Crippen molar-refractivity contribution in [2.45, 2.75) is 0 Å². The van der Waals surface area contributed by atoms with E-state index in [1.165, 1.54) is 19.2 Å². The maximum absolute atomic E-state index is 10.4. The molecule has 1 heterocycles. The van der Waals surface area contributed by atoms with Gasteiger partial charge in [0.2, 0.25) is 0 Å². The Kier molecular flexibility index (Phi) is 2.60. The molecule has 0 radical (unpaired) electrons. The summed E-state index contributed by atoms with van der Waals surface area (Å²) in [5.74, 6) is 5.30. The molecule has 0 saturated carbocycles. The predicted molar refractivity (Wildman–Crippen MR) is 45.3 cm³/mol. The van der Waals surface area contributed by atoms with Crippen LogP contribution in [0.3, 0.4) is 0 Å². The molecular formula is C6H8N4O3. The zero-order valence-electron chi connectivity index (χ0n) is 6.85. The molecule has 0 atom stereocenters. The SMILES string of the molecule is COc1nc(NN)ccc1[N+](=O)[O-]. The molecule has 0 spiro atoms. The number of hydrazine groups is 1. The molecular weight excluding hydrogens is 176 g/mol. The first kappa shape index (κ1) is 9.20. The van der Waals surface area contributed by atoms with Crippen LogP contribution in [0.5, 0.6) is 5.88 Å². The van der Waals surface area contributed by atoms with Gasteiger partial charge in [0.1, 0.15) is 5.82 Å². The first-order chi connectivity index (χ1) is 6.19. The van der Waals surface area contributed by atoms with Crippen molar-refractivity contribution in [1.29, 1.82) is 0 Å². The van der Waals surface area contributed by atoms with Crippen molar-refractivity contribution in [2.75, 3.05) is 12.5 Å². The third-order valence-electron chi connectivity index (χ3n) is 1.38. The zero-order valence-corrected chi connectivity index (χ0v) is 6.85. The van der Waals surface area contributed by atoms with Crippen LogP contribution in [0.4, 0.5) is 11.5 Å². The first-order valence-corrected chi connectivity index (χ1v) is 3.35. The summed E-state index contributed by atoms with van der Waals surface area (Å²) in [6, 6.07) is 2.65. The summed E-state index contributed by atoms with van der Waals surface area (Å²) in [4.78, 5) is 13.6. The number of nitrogens with two attached hydrogens (primary N) is 1. The van der Waals surface area contributed by atoms with Crippen molar-refractivity contribution in [3.8, 4) is 5.88 Å². The standard InChI is InChI=1S/C6H8N4O3/c1-13-6-4(10(11)12)2-3-5(8-6)9-7/h2-3H,7H2,1H3,(H,8,9). The quantitative estimate of drug-likeness (QED) is 0.397. The number of hydrogen-bond acceptors (Lipinski definition) is 6. The number of anilines is 1. The van der Waals surface area contributed by atoms with Crippen LogP contribution >= 0.6 is 0 Å². The third kappa shape index (κ3) is 1.82. The monoisotopic (exact) mass is 184 g/mol. The minimum Gasteiger partial charge on any atom is -0.476 e. The lowest BCUT2D eigenvalue weighted by Crippen LogP contribution is -2.09. The number of nitrogens with zero attached hydrogens (tertiary/aromatic N) is 2. The van der Waals surface area contributed by atoms with Crippen LogP contribution in [-0.4, -0.2) is 17.0 Å². The van der Waals surface area contributed by atoms with Gasteiger partial charge in [0, 0.05) is 6.07 Å². The van der Waals surface area contributed by atoms with Gasteiger partial charge in [0.05, 0.1) is 12.0 Å². The number of ether oxygens (including phenoxy) is 1. The maximum Gasteiger partial charge on any atom is 0.331 e. The molecule has 0 unspecified atom stereocenters. The second-order valence-electron chi connectivity index (χ2n) is 2.13. The summed E-state index contributed by atoms with van der Waals surface area (Å²) in [6.45, 7) is 0. The van der Waals surface area contributed by atoms with E-state index < -0.39 is 4.92 Å². The van der Waals surface area contributed by atoms with Crippen molar-refractivity contribution >= 4 is 11.5 Å². The second-order valence-corrected chi connectivity index (χ2v) is 2.13. The molecule has 0 saturated heterocycles. The van der Waals surface area contributed by atoms with E-state index in [1.54, 1.807) is 0 Å². The Morgan fingerprint density at radius 1 is 1.69 bits per heavy atom. The molecule has 7 nitrogen and oxygen atoms in total. The van der Waals surface area contributed by atoms with E-state index in [4.69, 9.17) is 10.6 Å². The maximum atomic E-state index is 10.4. The molecule has 1 aromatic rings. The Morgan fingerprint density at radius 2 is 2.38 bits per heavy atom. The van der Waals surface area contributed by atoms with Crippen LogP contribution < -0.4 is 16.0 Å². The molecule has 13 heavy (non-hydrogen) atoms. The average molecular weight is 184 g/mol. The van der Waals surface area contributed by atoms with Gasteiger partial charge in [-0.2, -0.15) is 4.98 Å². The normalized spacial score (nSPS) is 9.38. The lowest BCUT2D eigenvalue weighted by molar-refractivity contribution is -0.386. The highest BCUT2D eigenvalue weighted by molar-refractivity contribution is 5.48. The van der Waals surface area contributed by atoms with Gasteiger partial charge in [-0.15, -0.1) is 0 Å².